The third-order valence-electron chi connectivity index (χ3n) is 4.32. The minimum atomic E-state index is -0.415. The fourth-order valence-corrected chi connectivity index (χ4v) is 3.53. The van der Waals surface area contributed by atoms with Gasteiger partial charge in [0.2, 0.25) is 0 Å². The topological polar surface area (TPSA) is 69.3 Å². The van der Waals surface area contributed by atoms with Crippen LogP contribution in [-0.2, 0) is 13.2 Å². The predicted molar refractivity (Wildman–Crippen MR) is 123 cm³/mol. The molecule has 158 valence electrons. The van der Waals surface area contributed by atoms with Gasteiger partial charge in [-0.15, -0.1) is 0 Å². The van der Waals surface area contributed by atoms with Crippen LogP contribution in [0.2, 0.25) is 10.0 Å². The zero-order valence-electron chi connectivity index (χ0n) is 16.0. The number of nitrogens with one attached hydrogen (secondary N) is 1. The van der Waals surface area contributed by atoms with E-state index in [-0.39, 0.29) is 12.4 Å². The van der Waals surface area contributed by atoms with Gasteiger partial charge in [-0.25, -0.2) is 0 Å². The Morgan fingerprint density at radius 2 is 1.87 bits per heavy atom. The van der Waals surface area contributed by atoms with E-state index in [1.165, 1.54) is 0 Å². The van der Waals surface area contributed by atoms with Crippen molar-refractivity contribution < 1.29 is 13.9 Å². The van der Waals surface area contributed by atoms with Crippen LogP contribution in [0.5, 0.6) is 5.75 Å². The van der Waals surface area contributed by atoms with Gasteiger partial charge in [-0.2, -0.15) is 5.10 Å². The summed E-state index contributed by atoms with van der Waals surface area (Å²) in [4.78, 5) is 12.6. The molecule has 2 heterocycles. The first-order valence-electron chi connectivity index (χ1n) is 9.23. The summed E-state index contributed by atoms with van der Waals surface area (Å²) in [5.74, 6) is 1.29. The van der Waals surface area contributed by atoms with Crippen molar-refractivity contribution in [3.05, 3.63) is 98.5 Å². The van der Waals surface area contributed by atoms with Gasteiger partial charge >= 0.3 is 0 Å². The van der Waals surface area contributed by atoms with E-state index in [1.54, 1.807) is 47.3 Å². The van der Waals surface area contributed by atoms with E-state index >= 15 is 0 Å². The van der Waals surface area contributed by atoms with Crippen LogP contribution in [0.4, 0.5) is 5.82 Å². The number of aromatic nitrogens is 2. The molecule has 1 N–H and O–H groups in total. The van der Waals surface area contributed by atoms with Crippen LogP contribution in [0.3, 0.4) is 0 Å². The lowest BCUT2D eigenvalue weighted by atomic mass is 10.2. The van der Waals surface area contributed by atoms with Gasteiger partial charge in [0.15, 0.2) is 11.6 Å². The molecular weight excluding hydrogens is 505 g/mol. The summed E-state index contributed by atoms with van der Waals surface area (Å²) in [7, 11) is 0. The summed E-state index contributed by atoms with van der Waals surface area (Å²) in [6.45, 7) is 0.659. The lowest BCUT2D eigenvalue weighted by Gasteiger charge is -2.04. The van der Waals surface area contributed by atoms with E-state index in [0.29, 0.717) is 38.4 Å². The van der Waals surface area contributed by atoms with E-state index in [9.17, 15) is 4.79 Å². The molecule has 1 amide bonds. The number of benzene rings is 2. The summed E-state index contributed by atoms with van der Waals surface area (Å²) >= 11 is 15.5. The molecule has 0 saturated heterocycles. The smallest absolute Gasteiger partial charge is 0.292 e. The van der Waals surface area contributed by atoms with Gasteiger partial charge < -0.3 is 14.5 Å². The Labute approximate surface area is 196 Å². The molecule has 31 heavy (non-hydrogen) atoms. The zero-order valence-corrected chi connectivity index (χ0v) is 19.1. The molecule has 0 aliphatic heterocycles. The first-order chi connectivity index (χ1) is 15.0. The molecule has 4 rings (SSSR count). The second kappa shape index (κ2) is 9.60. The average molecular weight is 521 g/mol. The van der Waals surface area contributed by atoms with Gasteiger partial charge in [0.25, 0.3) is 5.91 Å². The molecule has 0 spiro atoms. The average Bonchev–Trinajstić information content (AvgIpc) is 3.36. The number of halogens is 3. The summed E-state index contributed by atoms with van der Waals surface area (Å²) < 4.78 is 13.6. The van der Waals surface area contributed by atoms with E-state index in [1.807, 2.05) is 24.3 Å². The number of rotatable bonds is 7. The molecule has 0 bridgehead atoms. The Hall–Kier alpha value is -2.74. The van der Waals surface area contributed by atoms with E-state index in [4.69, 9.17) is 32.4 Å². The lowest BCUT2D eigenvalue weighted by Crippen LogP contribution is -2.12. The Kier molecular flexibility index (Phi) is 6.65. The summed E-state index contributed by atoms with van der Waals surface area (Å²) in [6.07, 6.45) is 1.77. The highest BCUT2D eigenvalue weighted by atomic mass is 79.9. The number of hydrogen-bond acceptors (Lipinski definition) is 4. The Morgan fingerprint density at radius 1 is 1.10 bits per heavy atom. The van der Waals surface area contributed by atoms with Crippen molar-refractivity contribution in [2.24, 2.45) is 0 Å². The van der Waals surface area contributed by atoms with Gasteiger partial charge in [0, 0.05) is 16.2 Å². The molecule has 6 nitrogen and oxygen atoms in total. The number of furan rings is 1. The Bertz CT molecular complexity index is 1200. The molecule has 0 unspecified atom stereocenters. The first-order valence-corrected chi connectivity index (χ1v) is 10.8. The second-order valence-electron chi connectivity index (χ2n) is 6.58. The third kappa shape index (κ3) is 5.50. The summed E-state index contributed by atoms with van der Waals surface area (Å²) in [6, 6.07) is 17.8. The van der Waals surface area contributed by atoms with Crippen molar-refractivity contribution >= 4 is 50.9 Å². The SMILES string of the molecule is O=C(Nc1nn(Cc2ccccc2Cl)cc1Br)c1ccc(COc2ccc(Cl)cc2)o1. The normalized spacial score (nSPS) is 10.8. The van der Waals surface area contributed by atoms with Crippen molar-refractivity contribution in [1.29, 1.82) is 0 Å². The maximum atomic E-state index is 12.6. The number of nitrogens with zero attached hydrogens (tertiary/aromatic N) is 2. The number of carbonyl (C=O) groups is 1. The molecule has 2 aromatic carbocycles. The van der Waals surface area contributed by atoms with Crippen LogP contribution in [0.1, 0.15) is 21.9 Å². The van der Waals surface area contributed by atoms with Gasteiger partial charge in [-0.05, 0) is 64.0 Å². The maximum absolute atomic E-state index is 12.6. The van der Waals surface area contributed by atoms with Crippen LogP contribution in [0.25, 0.3) is 0 Å². The molecule has 2 aromatic heterocycles. The number of amides is 1. The maximum Gasteiger partial charge on any atom is 0.292 e. The van der Waals surface area contributed by atoms with Crippen LogP contribution >= 0.6 is 39.1 Å². The monoisotopic (exact) mass is 519 g/mol. The molecule has 0 radical (unpaired) electrons. The summed E-state index contributed by atoms with van der Waals surface area (Å²) in [5, 5.41) is 8.43. The standard InChI is InChI=1S/C22H16BrCl2N3O3/c23-18-12-28(11-14-3-1-2-4-19(14)25)27-21(18)26-22(29)20-10-9-17(31-20)13-30-16-7-5-15(24)6-8-16/h1-10,12H,11,13H2,(H,26,27,29). The molecule has 4 aromatic rings. The molecule has 9 heteroatoms. The number of hydrogen-bond donors (Lipinski definition) is 1. The van der Waals surface area contributed by atoms with Crippen molar-refractivity contribution in [2.75, 3.05) is 5.32 Å². The van der Waals surface area contributed by atoms with Crippen molar-refractivity contribution in [2.45, 2.75) is 13.2 Å². The van der Waals surface area contributed by atoms with Crippen molar-refractivity contribution in [1.82, 2.24) is 9.78 Å². The van der Waals surface area contributed by atoms with Crippen LogP contribution in [0.15, 0.2) is 75.8 Å². The Balaban J connectivity index is 1.38. The highest BCUT2D eigenvalue weighted by Crippen LogP contribution is 2.24. The third-order valence-corrected chi connectivity index (χ3v) is 5.52. The lowest BCUT2D eigenvalue weighted by molar-refractivity contribution is 0.0992. The predicted octanol–water partition coefficient (Wildman–Crippen LogP) is 6.43. The molecule has 0 aliphatic carbocycles. The minimum absolute atomic E-state index is 0.155. The molecule has 0 aliphatic rings. The molecule has 0 saturated carbocycles. The van der Waals surface area contributed by atoms with Gasteiger partial charge in [-0.3, -0.25) is 9.48 Å². The minimum Gasteiger partial charge on any atom is -0.486 e. The van der Waals surface area contributed by atoms with Crippen LogP contribution in [0, 0.1) is 0 Å². The van der Waals surface area contributed by atoms with E-state index < -0.39 is 5.91 Å². The zero-order chi connectivity index (χ0) is 21.8. The fourth-order valence-electron chi connectivity index (χ4n) is 2.80. The summed E-state index contributed by atoms with van der Waals surface area (Å²) in [5.41, 5.74) is 0.924. The largest absolute Gasteiger partial charge is 0.486 e. The highest BCUT2D eigenvalue weighted by Gasteiger charge is 2.16. The molecular formula is C22H16BrCl2N3O3. The van der Waals surface area contributed by atoms with Gasteiger partial charge in [-0.1, -0.05) is 41.4 Å². The first kappa shape index (κ1) is 21.5. The van der Waals surface area contributed by atoms with Gasteiger partial charge in [0.1, 0.15) is 18.1 Å². The number of anilines is 1. The van der Waals surface area contributed by atoms with E-state index in [0.717, 1.165) is 5.56 Å². The second-order valence-corrected chi connectivity index (χ2v) is 8.28. The molecule has 0 fully saturated rings. The van der Waals surface area contributed by atoms with Crippen molar-refractivity contribution in [3.8, 4) is 5.75 Å². The quantitative estimate of drug-likeness (QED) is 0.305. The fraction of sp³-hybridized carbons (Fsp3) is 0.0909. The van der Waals surface area contributed by atoms with Gasteiger partial charge in [0.05, 0.1) is 11.0 Å². The van der Waals surface area contributed by atoms with Crippen LogP contribution in [-0.4, -0.2) is 15.7 Å². The number of carbonyl (C=O) groups excluding carboxylic acids is 1. The van der Waals surface area contributed by atoms with Crippen molar-refractivity contribution in [3.63, 3.8) is 0 Å². The molecule has 0 atom stereocenters. The van der Waals surface area contributed by atoms with Crippen LogP contribution < -0.4 is 10.1 Å². The number of ether oxygens (including phenoxy) is 1. The highest BCUT2D eigenvalue weighted by molar-refractivity contribution is 9.10. The Morgan fingerprint density at radius 3 is 2.65 bits per heavy atom. The van der Waals surface area contributed by atoms with E-state index in [2.05, 4.69) is 26.3 Å².